The summed E-state index contributed by atoms with van der Waals surface area (Å²) < 4.78 is 5.44. The van der Waals surface area contributed by atoms with Gasteiger partial charge in [0.2, 0.25) is 5.91 Å². The van der Waals surface area contributed by atoms with E-state index in [1.165, 1.54) is 0 Å². The second-order valence-corrected chi connectivity index (χ2v) is 6.80. The van der Waals surface area contributed by atoms with Crippen LogP contribution in [0.25, 0.3) is 0 Å². The molecule has 21 heavy (non-hydrogen) atoms. The molecule has 0 aromatic heterocycles. The Morgan fingerprint density at radius 2 is 2.19 bits per heavy atom. The van der Waals surface area contributed by atoms with E-state index in [9.17, 15) is 9.90 Å². The summed E-state index contributed by atoms with van der Waals surface area (Å²) in [5, 5.41) is 12.3. The van der Waals surface area contributed by atoms with Crippen molar-refractivity contribution < 1.29 is 14.6 Å². The van der Waals surface area contributed by atoms with Gasteiger partial charge in [-0.15, -0.1) is 12.4 Å². The van der Waals surface area contributed by atoms with Gasteiger partial charge in [0.15, 0.2) is 0 Å². The second kappa shape index (κ2) is 7.77. The number of nitrogens with one attached hydrogen (secondary N) is 1. The van der Waals surface area contributed by atoms with Crippen LogP contribution in [0.15, 0.2) is 0 Å². The molecule has 124 valence electrons. The van der Waals surface area contributed by atoms with Crippen LogP contribution in [0.2, 0.25) is 0 Å². The molecule has 1 saturated carbocycles. The molecule has 3 unspecified atom stereocenters. The summed E-state index contributed by atoms with van der Waals surface area (Å²) in [6, 6.07) is 0. The van der Waals surface area contributed by atoms with Crippen molar-refractivity contribution in [2.75, 3.05) is 26.4 Å². The first-order valence-electron chi connectivity index (χ1n) is 7.74. The average molecular weight is 321 g/mol. The zero-order chi connectivity index (χ0) is 14.6. The standard InChI is InChI=1S/C15H28N2O3.ClH/c1-14(16)5-3-2-4-12(14)13(19)17-10-15(6-8-18)7-9-20-11-15;/h12,18H,2-11,16H2,1H3,(H,17,19);1H. The number of aliphatic hydroxyl groups is 1. The third kappa shape index (κ3) is 4.55. The van der Waals surface area contributed by atoms with Crippen LogP contribution >= 0.6 is 12.4 Å². The molecule has 1 amide bonds. The van der Waals surface area contributed by atoms with Crippen molar-refractivity contribution in [3.63, 3.8) is 0 Å². The predicted octanol–water partition coefficient (Wildman–Crippen LogP) is 1.22. The molecule has 2 rings (SSSR count). The molecule has 1 saturated heterocycles. The molecule has 2 fully saturated rings. The molecule has 0 bridgehead atoms. The summed E-state index contributed by atoms with van der Waals surface area (Å²) in [6.07, 6.45) is 5.56. The van der Waals surface area contributed by atoms with Gasteiger partial charge in [-0.2, -0.15) is 0 Å². The number of halogens is 1. The lowest BCUT2D eigenvalue weighted by Crippen LogP contribution is -2.54. The van der Waals surface area contributed by atoms with Crippen LogP contribution in [0, 0.1) is 11.3 Å². The fourth-order valence-corrected chi connectivity index (χ4v) is 3.50. The Morgan fingerprint density at radius 1 is 1.43 bits per heavy atom. The van der Waals surface area contributed by atoms with Gasteiger partial charge in [0.25, 0.3) is 0 Å². The van der Waals surface area contributed by atoms with E-state index in [0.717, 1.165) is 32.1 Å². The number of hydrogen-bond donors (Lipinski definition) is 3. The molecule has 2 aliphatic rings. The lowest BCUT2D eigenvalue weighted by atomic mass is 9.74. The molecule has 4 N–H and O–H groups in total. The number of aliphatic hydroxyl groups excluding tert-OH is 1. The van der Waals surface area contributed by atoms with Crippen LogP contribution in [0.5, 0.6) is 0 Å². The maximum absolute atomic E-state index is 12.4. The van der Waals surface area contributed by atoms with E-state index >= 15 is 0 Å². The molecule has 0 spiro atoms. The first-order valence-corrected chi connectivity index (χ1v) is 7.74. The van der Waals surface area contributed by atoms with E-state index < -0.39 is 5.54 Å². The quantitative estimate of drug-likeness (QED) is 0.711. The summed E-state index contributed by atoms with van der Waals surface area (Å²) in [5.74, 6) is -0.0244. The zero-order valence-electron chi connectivity index (χ0n) is 12.9. The number of ether oxygens (including phenoxy) is 1. The smallest absolute Gasteiger partial charge is 0.224 e. The minimum absolute atomic E-state index is 0. The van der Waals surface area contributed by atoms with Crippen LogP contribution in [0.4, 0.5) is 0 Å². The normalized spacial score (nSPS) is 36.0. The highest BCUT2D eigenvalue weighted by atomic mass is 35.5. The Labute approximate surface area is 133 Å². The maximum atomic E-state index is 12.4. The fourth-order valence-electron chi connectivity index (χ4n) is 3.50. The fraction of sp³-hybridized carbons (Fsp3) is 0.933. The first kappa shape index (κ1) is 18.7. The number of hydrogen-bond acceptors (Lipinski definition) is 4. The lowest BCUT2D eigenvalue weighted by molar-refractivity contribution is -0.128. The van der Waals surface area contributed by atoms with Crippen LogP contribution in [-0.2, 0) is 9.53 Å². The van der Waals surface area contributed by atoms with Gasteiger partial charge in [0.1, 0.15) is 0 Å². The van der Waals surface area contributed by atoms with Crippen LogP contribution in [-0.4, -0.2) is 42.9 Å². The van der Waals surface area contributed by atoms with Crippen molar-refractivity contribution in [2.24, 2.45) is 17.1 Å². The SMILES string of the molecule is CC1(N)CCCCC1C(=O)NCC1(CCO)CCOC1.Cl. The molecular formula is C15H29ClN2O3. The Kier molecular flexibility index (Phi) is 6.91. The molecular weight excluding hydrogens is 292 g/mol. The summed E-state index contributed by atoms with van der Waals surface area (Å²) >= 11 is 0. The summed E-state index contributed by atoms with van der Waals surface area (Å²) in [6.45, 7) is 4.04. The largest absolute Gasteiger partial charge is 0.396 e. The van der Waals surface area contributed by atoms with Gasteiger partial charge in [-0.1, -0.05) is 12.8 Å². The molecule has 0 aromatic rings. The topological polar surface area (TPSA) is 84.6 Å². The van der Waals surface area contributed by atoms with E-state index in [0.29, 0.717) is 26.2 Å². The number of nitrogens with two attached hydrogens (primary N) is 1. The van der Waals surface area contributed by atoms with Crippen molar-refractivity contribution in [1.29, 1.82) is 0 Å². The number of carbonyl (C=O) groups is 1. The van der Waals surface area contributed by atoms with Crippen LogP contribution < -0.4 is 11.1 Å². The summed E-state index contributed by atoms with van der Waals surface area (Å²) in [4.78, 5) is 12.4. The Balaban J connectivity index is 0.00000220. The number of amides is 1. The maximum Gasteiger partial charge on any atom is 0.224 e. The zero-order valence-corrected chi connectivity index (χ0v) is 13.7. The Morgan fingerprint density at radius 3 is 2.76 bits per heavy atom. The number of carbonyl (C=O) groups excluding carboxylic acids is 1. The molecule has 0 radical (unpaired) electrons. The summed E-state index contributed by atoms with van der Waals surface area (Å²) in [7, 11) is 0. The van der Waals surface area contributed by atoms with Crippen LogP contribution in [0.3, 0.4) is 0 Å². The minimum Gasteiger partial charge on any atom is -0.396 e. The highest BCUT2D eigenvalue weighted by Crippen LogP contribution is 2.34. The van der Waals surface area contributed by atoms with Crippen molar-refractivity contribution in [3.8, 4) is 0 Å². The van der Waals surface area contributed by atoms with Gasteiger partial charge in [0.05, 0.1) is 12.5 Å². The second-order valence-electron chi connectivity index (χ2n) is 6.80. The minimum atomic E-state index is -0.390. The monoisotopic (exact) mass is 320 g/mol. The van der Waals surface area contributed by atoms with Gasteiger partial charge in [-0.05, 0) is 32.6 Å². The van der Waals surface area contributed by atoms with Crippen molar-refractivity contribution in [3.05, 3.63) is 0 Å². The Hall–Kier alpha value is -0.360. The summed E-state index contributed by atoms with van der Waals surface area (Å²) in [5.41, 5.74) is 5.79. The van der Waals surface area contributed by atoms with E-state index in [1.807, 2.05) is 6.92 Å². The number of rotatable bonds is 5. The Bertz CT molecular complexity index is 344. The van der Waals surface area contributed by atoms with Gasteiger partial charge < -0.3 is 20.9 Å². The van der Waals surface area contributed by atoms with E-state index in [4.69, 9.17) is 10.5 Å². The van der Waals surface area contributed by atoms with Gasteiger partial charge in [0, 0.05) is 30.7 Å². The molecule has 6 heteroatoms. The van der Waals surface area contributed by atoms with Gasteiger partial charge in [-0.3, -0.25) is 4.79 Å². The van der Waals surface area contributed by atoms with E-state index in [1.54, 1.807) is 0 Å². The molecule has 0 aromatic carbocycles. The highest BCUT2D eigenvalue weighted by molar-refractivity contribution is 5.85. The molecule has 3 atom stereocenters. The van der Waals surface area contributed by atoms with Gasteiger partial charge >= 0.3 is 0 Å². The predicted molar refractivity (Wildman–Crippen MR) is 84.4 cm³/mol. The third-order valence-electron chi connectivity index (χ3n) is 5.04. The molecule has 1 heterocycles. The van der Waals surface area contributed by atoms with Crippen molar-refractivity contribution in [1.82, 2.24) is 5.32 Å². The van der Waals surface area contributed by atoms with Gasteiger partial charge in [-0.25, -0.2) is 0 Å². The lowest BCUT2D eigenvalue weighted by Gasteiger charge is -2.38. The highest BCUT2D eigenvalue weighted by Gasteiger charge is 2.40. The van der Waals surface area contributed by atoms with Crippen molar-refractivity contribution in [2.45, 2.75) is 51.0 Å². The van der Waals surface area contributed by atoms with E-state index in [-0.39, 0.29) is 36.3 Å². The first-order chi connectivity index (χ1) is 9.49. The third-order valence-corrected chi connectivity index (χ3v) is 5.04. The van der Waals surface area contributed by atoms with Crippen molar-refractivity contribution >= 4 is 18.3 Å². The molecule has 5 nitrogen and oxygen atoms in total. The molecule has 1 aliphatic heterocycles. The van der Waals surface area contributed by atoms with Crippen LogP contribution in [0.1, 0.15) is 45.4 Å². The molecule has 1 aliphatic carbocycles. The average Bonchev–Trinajstić information content (AvgIpc) is 2.85. The van der Waals surface area contributed by atoms with E-state index in [2.05, 4.69) is 5.32 Å².